The number of carbonyl (C=O) groups is 1. The fourth-order valence-corrected chi connectivity index (χ4v) is 2.79. The second-order valence-corrected chi connectivity index (χ2v) is 5.46. The summed E-state index contributed by atoms with van der Waals surface area (Å²) in [5.74, 6) is 2.09. The van der Waals surface area contributed by atoms with E-state index >= 15 is 0 Å². The minimum atomic E-state index is 0.231. The van der Waals surface area contributed by atoms with Crippen LogP contribution in [0.1, 0.15) is 49.9 Å². The maximum Gasteiger partial charge on any atom is 0.167 e. The third-order valence-corrected chi connectivity index (χ3v) is 4.03. The monoisotopic (exact) mass is 231 g/mol. The zero-order chi connectivity index (χ0) is 12.3. The highest BCUT2D eigenvalue weighted by molar-refractivity contribution is 5.97. The van der Waals surface area contributed by atoms with Gasteiger partial charge >= 0.3 is 0 Å². The third kappa shape index (κ3) is 2.93. The Bertz CT molecular complexity index is 364. The van der Waals surface area contributed by atoms with Gasteiger partial charge in [-0.15, -0.1) is 0 Å². The molecule has 0 N–H and O–H groups in total. The molecule has 1 aromatic rings. The standard InChI is InChI=1S/C15H21NO/c1-11(2)12-5-7-13(8-6-12)15(17)14-4-3-9-16-10-14/h3-4,9-13H,5-8H2,1-2H3. The molecule has 1 aromatic heterocycles. The Hall–Kier alpha value is -1.18. The van der Waals surface area contributed by atoms with Crippen molar-refractivity contribution in [2.75, 3.05) is 0 Å². The number of ketones is 1. The smallest absolute Gasteiger partial charge is 0.167 e. The fourth-order valence-electron chi connectivity index (χ4n) is 2.79. The van der Waals surface area contributed by atoms with E-state index in [0.29, 0.717) is 5.78 Å². The molecule has 1 aliphatic rings. The van der Waals surface area contributed by atoms with Crippen LogP contribution >= 0.6 is 0 Å². The first-order chi connectivity index (χ1) is 8.18. The van der Waals surface area contributed by atoms with Crippen LogP contribution in [0.3, 0.4) is 0 Å². The lowest BCUT2D eigenvalue weighted by atomic mass is 9.75. The average Bonchev–Trinajstić information content (AvgIpc) is 2.39. The Kier molecular flexibility index (Phi) is 3.93. The van der Waals surface area contributed by atoms with E-state index in [1.165, 1.54) is 12.8 Å². The molecule has 1 aliphatic carbocycles. The minimum Gasteiger partial charge on any atom is -0.294 e. The molecule has 1 saturated carbocycles. The summed E-state index contributed by atoms with van der Waals surface area (Å²) < 4.78 is 0. The van der Waals surface area contributed by atoms with Gasteiger partial charge in [-0.2, -0.15) is 0 Å². The quantitative estimate of drug-likeness (QED) is 0.742. The maximum atomic E-state index is 12.2. The van der Waals surface area contributed by atoms with E-state index < -0.39 is 0 Å². The van der Waals surface area contributed by atoms with E-state index in [1.54, 1.807) is 12.4 Å². The van der Waals surface area contributed by atoms with Crippen LogP contribution in [0.4, 0.5) is 0 Å². The lowest BCUT2D eigenvalue weighted by Crippen LogP contribution is -2.24. The highest BCUT2D eigenvalue weighted by Crippen LogP contribution is 2.34. The first kappa shape index (κ1) is 12.3. The van der Waals surface area contributed by atoms with E-state index in [9.17, 15) is 4.79 Å². The number of hydrogen-bond donors (Lipinski definition) is 0. The second kappa shape index (κ2) is 5.44. The number of aromatic nitrogens is 1. The van der Waals surface area contributed by atoms with Crippen molar-refractivity contribution in [2.24, 2.45) is 17.8 Å². The molecule has 0 saturated heterocycles. The molecule has 0 unspecified atom stereocenters. The molecule has 1 heterocycles. The molecule has 0 aromatic carbocycles. The van der Waals surface area contributed by atoms with Crippen LogP contribution in [0.2, 0.25) is 0 Å². The Morgan fingerprint density at radius 3 is 2.53 bits per heavy atom. The van der Waals surface area contributed by atoms with Gasteiger partial charge in [0, 0.05) is 23.9 Å². The van der Waals surface area contributed by atoms with Crippen LogP contribution in [0.5, 0.6) is 0 Å². The summed E-state index contributed by atoms with van der Waals surface area (Å²) in [6.45, 7) is 4.57. The van der Waals surface area contributed by atoms with Crippen molar-refractivity contribution in [3.8, 4) is 0 Å². The van der Waals surface area contributed by atoms with Gasteiger partial charge in [-0.05, 0) is 49.7 Å². The summed E-state index contributed by atoms with van der Waals surface area (Å²) in [4.78, 5) is 16.3. The number of nitrogens with zero attached hydrogens (tertiary/aromatic N) is 1. The van der Waals surface area contributed by atoms with Crippen LogP contribution in [0.15, 0.2) is 24.5 Å². The molecule has 2 rings (SSSR count). The third-order valence-electron chi connectivity index (χ3n) is 4.03. The van der Waals surface area contributed by atoms with Gasteiger partial charge in [0.1, 0.15) is 0 Å². The number of pyridine rings is 1. The van der Waals surface area contributed by atoms with Crippen LogP contribution in [-0.4, -0.2) is 10.8 Å². The van der Waals surface area contributed by atoms with Crippen molar-refractivity contribution in [3.05, 3.63) is 30.1 Å². The van der Waals surface area contributed by atoms with Gasteiger partial charge in [-0.25, -0.2) is 0 Å². The van der Waals surface area contributed by atoms with Crippen molar-refractivity contribution >= 4 is 5.78 Å². The van der Waals surface area contributed by atoms with Crippen LogP contribution in [0.25, 0.3) is 0 Å². The lowest BCUT2D eigenvalue weighted by Gasteiger charge is -2.30. The summed E-state index contributed by atoms with van der Waals surface area (Å²) in [7, 11) is 0. The molecule has 0 aliphatic heterocycles. The minimum absolute atomic E-state index is 0.231. The summed E-state index contributed by atoms with van der Waals surface area (Å²) in [6.07, 6.45) is 7.92. The maximum absolute atomic E-state index is 12.2. The Morgan fingerprint density at radius 2 is 2.00 bits per heavy atom. The summed E-state index contributed by atoms with van der Waals surface area (Å²) in [5, 5.41) is 0. The molecule has 0 radical (unpaired) electrons. The van der Waals surface area contributed by atoms with Gasteiger partial charge in [0.25, 0.3) is 0 Å². The van der Waals surface area contributed by atoms with E-state index in [1.807, 2.05) is 12.1 Å². The molecule has 1 fully saturated rings. The summed E-state index contributed by atoms with van der Waals surface area (Å²) in [5.41, 5.74) is 0.778. The van der Waals surface area contributed by atoms with E-state index in [0.717, 1.165) is 30.2 Å². The first-order valence-corrected chi connectivity index (χ1v) is 6.62. The molecule has 2 heteroatoms. The van der Waals surface area contributed by atoms with Crippen LogP contribution in [-0.2, 0) is 0 Å². The Morgan fingerprint density at radius 1 is 1.29 bits per heavy atom. The lowest BCUT2D eigenvalue weighted by molar-refractivity contribution is 0.0858. The van der Waals surface area contributed by atoms with Gasteiger partial charge in [0.2, 0.25) is 0 Å². The number of hydrogen-bond acceptors (Lipinski definition) is 2. The second-order valence-electron chi connectivity index (χ2n) is 5.46. The molecular formula is C15H21NO. The van der Waals surface area contributed by atoms with Crippen LogP contribution in [0, 0.1) is 17.8 Å². The van der Waals surface area contributed by atoms with Crippen molar-refractivity contribution in [1.82, 2.24) is 4.98 Å². The van der Waals surface area contributed by atoms with Gasteiger partial charge in [-0.3, -0.25) is 9.78 Å². The molecule has 2 nitrogen and oxygen atoms in total. The van der Waals surface area contributed by atoms with E-state index in [-0.39, 0.29) is 5.92 Å². The zero-order valence-electron chi connectivity index (χ0n) is 10.7. The van der Waals surface area contributed by atoms with Gasteiger partial charge in [0.15, 0.2) is 5.78 Å². The van der Waals surface area contributed by atoms with Crippen molar-refractivity contribution in [2.45, 2.75) is 39.5 Å². The first-order valence-electron chi connectivity index (χ1n) is 6.62. The fraction of sp³-hybridized carbons (Fsp3) is 0.600. The van der Waals surface area contributed by atoms with Crippen molar-refractivity contribution in [1.29, 1.82) is 0 Å². The SMILES string of the molecule is CC(C)C1CCC(C(=O)c2cccnc2)CC1. The number of rotatable bonds is 3. The highest BCUT2D eigenvalue weighted by Gasteiger charge is 2.28. The van der Waals surface area contributed by atoms with Gasteiger partial charge in [0.05, 0.1) is 0 Å². The Labute approximate surface area is 103 Å². The summed E-state index contributed by atoms with van der Waals surface area (Å²) in [6, 6.07) is 3.72. The van der Waals surface area contributed by atoms with Gasteiger partial charge in [-0.1, -0.05) is 13.8 Å². The zero-order valence-corrected chi connectivity index (χ0v) is 10.7. The molecule has 0 atom stereocenters. The summed E-state index contributed by atoms with van der Waals surface area (Å²) >= 11 is 0. The predicted molar refractivity (Wildman–Crippen MR) is 68.9 cm³/mol. The van der Waals surface area contributed by atoms with E-state index in [2.05, 4.69) is 18.8 Å². The normalized spacial score (nSPS) is 24.9. The highest BCUT2D eigenvalue weighted by atomic mass is 16.1. The predicted octanol–water partition coefficient (Wildman–Crippen LogP) is 3.73. The van der Waals surface area contributed by atoms with E-state index in [4.69, 9.17) is 0 Å². The van der Waals surface area contributed by atoms with Gasteiger partial charge < -0.3 is 0 Å². The molecule has 0 amide bonds. The largest absolute Gasteiger partial charge is 0.294 e. The van der Waals surface area contributed by atoms with Crippen molar-refractivity contribution in [3.63, 3.8) is 0 Å². The number of carbonyl (C=O) groups excluding carboxylic acids is 1. The molecular weight excluding hydrogens is 210 g/mol. The molecule has 0 bridgehead atoms. The molecule has 0 spiro atoms. The topological polar surface area (TPSA) is 30.0 Å². The number of Topliss-reactive ketones (excluding diaryl/α,β-unsaturated/α-hetero) is 1. The average molecular weight is 231 g/mol. The molecule has 92 valence electrons. The van der Waals surface area contributed by atoms with Crippen molar-refractivity contribution < 1.29 is 4.79 Å². The Balaban J connectivity index is 1.95. The van der Waals surface area contributed by atoms with Crippen LogP contribution < -0.4 is 0 Å². The molecule has 17 heavy (non-hydrogen) atoms.